The molecule has 1 nitrogen and oxygen atoms in total. The SMILES string of the molecule is C#CCCC(NCCC)C1C(C)(C)C1(C)C. The fourth-order valence-corrected chi connectivity index (χ4v) is 3.21. The van der Waals surface area contributed by atoms with Crippen LogP contribution in [0.3, 0.4) is 0 Å². The van der Waals surface area contributed by atoms with E-state index in [1.54, 1.807) is 0 Å². The van der Waals surface area contributed by atoms with E-state index in [0.29, 0.717) is 16.9 Å². The molecule has 0 radical (unpaired) electrons. The molecular formula is C15H27N. The molecule has 1 aliphatic rings. The van der Waals surface area contributed by atoms with E-state index in [1.807, 2.05) is 0 Å². The second-order valence-electron chi connectivity index (χ2n) is 6.22. The topological polar surface area (TPSA) is 12.0 Å². The molecule has 0 aromatic carbocycles. The molecule has 92 valence electrons. The van der Waals surface area contributed by atoms with Crippen LogP contribution < -0.4 is 5.32 Å². The van der Waals surface area contributed by atoms with E-state index in [0.717, 1.165) is 25.3 Å². The van der Waals surface area contributed by atoms with Gasteiger partial charge < -0.3 is 5.32 Å². The molecule has 1 saturated carbocycles. The number of hydrogen-bond acceptors (Lipinski definition) is 1. The lowest BCUT2D eigenvalue weighted by molar-refractivity contribution is 0.381. The fraction of sp³-hybridized carbons (Fsp3) is 0.867. The van der Waals surface area contributed by atoms with Gasteiger partial charge in [0.25, 0.3) is 0 Å². The molecule has 0 aliphatic heterocycles. The van der Waals surface area contributed by atoms with Crippen LogP contribution in [0.4, 0.5) is 0 Å². The predicted octanol–water partition coefficient (Wildman–Crippen LogP) is 3.45. The van der Waals surface area contributed by atoms with Crippen molar-refractivity contribution in [2.45, 2.75) is 59.9 Å². The van der Waals surface area contributed by atoms with Crippen molar-refractivity contribution >= 4 is 0 Å². The van der Waals surface area contributed by atoms with Gasteiger partial charge in [-0.25, -0.2) is 0 Å². The Kier molecular flexibility index (Phi) is 4.07. The van der Waals surface area contributed by atoms with Gasteiger partial charge in [-0.1, -0.05) is 34.6 Å². The van der Waals surface area contributed by atoms with Gasteiger partial charge in [-0.05, 0) is 36.1 Å². The van der Waals surface area contributed by atoms with Gasteiger partial charge in [-0.15, -0.1) is 12.3 Å². The average molecular weight is 221 g/mol. The smallest absolute Gasteiger partial charge is 0.0115 e. The first-order valence-corrected chi connectivity index (χ1v) is 6.56. The summed E-state index contributed by atoms with van der Waals surface area (Å²) < 4.78 is 0. The van der Waals surface area contributed by atoms with Crippen LogP contribution in [-0.2, 0) is 0 Å². The normalized spacial score (nSPS) is 23.8. The van der Waals surface area contributed by atoms with E-state index in [9.17, 15) is 0 Å². The minimum atomic E-state index is 0.451. The Bertz CT molecular complexity index is 256. The van der Waals surface area contributed by atoms with Gasteiger partial charge in [-0.2, -0.15) is 0 Å². The summed E-state index contributed by atoms with van der Waals surface area (Å²) in [6.07, 6.45) is 8.59. The van der Waals surface area contributed by atoms with Crippen LogP contribution in [0.15, 0.2) is 0 Å². The Morgan fingerprint density at radius 2 is 1.81 bits per heavy atom. The molecule has 0 aromatic heterocycles. The Morgan fingerprint density at radius 3 is 2.19 bits per heavy atom. The van der Waals surface area contributed by atoms with E-state index in [2.05, 4.69) is 45.9 Å². The summed E-state index contributed by atoms with van der Waals surface area (Å²) in [7, 11) is 0. The van der Waals surface area contributed by atoms with Gasteiger partial charge in [0.1, 0.15) is 0 Å². The van der Waals surface area contributed by atoms with Gasteiger partial charge in [0, 0.05) is 12.5 Å². The first-order chi connectivity index (χ1) is 7.39. The van der Waals surface area contributed by atoms with Crippen LogP contribution in [0, 0.1) is 29.1 Å². The van der Waals surface area contributed by atoms with Crippen molar-refractivity contribution in [3.8, 4) is 12.3 Å². The fourth-order valence-electron chi connectivity index (χ4n) is 3.21. The van der Waals surface area contributed by atoms with Gasteiger partial charge in [0.2, 0.25) is 0 Å². The molecule has 1 aliphatic carbocycles. The highest BCUT2D eigenvalue weighted by Crippen LogP contribution is 2.70. The maximum absolute atomic E-state index is 5.38. The molecule has 1 heteroatoms. The quantitative estimate of drug-likeness (QED) is 0.677. The Balaban J connectivity index is 2.61. The molecule has 0 aromatic rings. The summed E-state index contributed by atoms with van der Waals surface area (Å²) in [6.45, 7) is 12.9. The van der Waals surface area contributed by atoms with E-state index in [1.165, 1.54) is 6.42 Å². The molecule has 1 atom stereocenters. The predicted molar refractivity (Wildman–Crippen MR) is 71.2 cm³/mol. The lowest BCUT2D eigenvalue weighted by Gasteiger charge is -2.19. The van der Waals surface area contributed by atoms with E-state index >= 15 is 0 Å². The van der Waals surface area contributed by atoms with Gasteiger partial charge >= 0.3 is 0 Å². The van der Waals surface area contributed by atoms with Crippen molar-refractivity contribution in [2.75, 3.05) is 6.54 Å². The molecule has 0 spiro atoms. The minimum absolute atomic E-state index is 0.451. The van der Waals surface area contributed by atoms with E-state index in [-0.39, 0.29) is 0 Å². The lowest BCUT2D eigenvalue weighted by atomic mass is 9.99. The highest BCUT2D eigenvalue weighted by Gasteiger charge is 2.66. The number of terminal acetylenes is 1. The zero-order valence-corrected chi connectivity index (χ0v) is 11.6. The third kappa shape index (κ3) is 2.28. The molecule has 1 N–H and O–H groups in total. The third-order valence-electron chi connectivity index (χ3n) is 4.79. The van der Waals surface area contributed by atoms with Crippen LogP contribution in [-0.4, -0.2) is 12.6 Å². The van der Waals surface area contributed by atoms with Crippen LogP contribution in [0.25, 0.3) is 0 Å². The van der Waals surface area contributed by atoms with Crippen molar-refractivity contribution in [3.05, 3.63) is 0 Å². The Morgan fingerprint density at radius 1 is 1.25 bits per heavy atom. The summed E-state index contributed by atoms with van der Waals surface area (Å²) in [6, 6.07) is 0.598. The summed E-state index contributed by atoms with van der Waals surface area (Å²) in [5.41, 5.74) is 0.903. The second-order valence-corrected chi connectivity index (χ2v) is 6.22. The van der Waals surface area contributed by atoms with Gasteiger partial charge in [-0.3, -0.25) is 0 Å². The molecule has 1 rings (SSSR count). The zero-order valence-electron chi connectivity index (χ0n) is 11.6. The highest BCUT2D eigenvalue weighted by molar-refractivity contribution is 5.16. The lowest BCUT2D eigenvalue weighted by Crippen LogP contribution is -2.33. The molecule has 0 bridgehead atoms. The summed E-state index contributed by atoms with van der Waals surface area (Å²) in [5.74, 6) is 3.54. The standard InChI is InChI=1S/C15H27N/c1-7-9-10-12(16-11-8-2)13-14(3,4)15(13,5)6/h1,12-13,16H,8-11H2,2-6H3. The summed E-state index contributed by atoms with van der Waals surface area (Å²) in [4.78, 5) is 0. The first kappa shape index (κ1) is 13.6. The van der Waals surface area contributed by atoms with Crippen LogP contribution in [0.1, 0.15) is 53.9 Å². The number of hydrogen-bond donors (Lipinski definition) is 1. The largest absolute Gasteiger partial charge is 0.314 e. The van der Waals surface area contributed by atoms with Crippen molar-refractivity contribution in [2.24, 2.45) is 16.7 Å². The molecule has 1 unspecified atom stereocenters. The Hall–Kier alpha value is -0.480. The van der Waals surface area contributed by atoms with Crippen molar-refractivity contribution < 1.29 is 0 Å². The second kappa shape index (κ2) is 4.80. The Labute approximate surface area is 101 Å². The molecule has 1 fully saturated rings. The zero-order chi connectivity index (χ0) is 12.4. The first-order valence-electron chi connectivity index (χ1n) is 6.56. The maximum Gasteiger partial charge on any atom is 0.0115 e. The summed E-state index contributed by atoms with van der Waals surface area (Å²) >= 11 is 0. The van der Waals surface area contributed by atoms with E-state index < -0.39 is 0 Å². The van der Waals surface area contributed by atoms with Crippen LogP contribution in [0.5, 0.6) is 0 Å². The minimum Gasteiger partial charge on any atom is -0.314 e. The maximum atomic E-state index is 5.38. The van der Waals surface area contributed by atoms with Crippen molar-refractivity contribution in [3.63, 3.8) is 0 Å². The van der Waals surface area contributed by atoms with Gasteiger partial charge in [0.05, 0.1) is 0 Å². The summed E-state index contributed by atoms with van der Waals surface area (Å²) in [5, 5.41) is 3.68. The number of rotatable bonds is 6. The molecule has 0 saturated heterocycles. The van der Waals surface area contributed by atoms with E-state index in [4.69, 9.17) is 6.42 Å². The third-order valence-corrected chi connectivity index (χ3v) is 4.79. The molecule has 0 amide bonds. The van der Waals surface area contributed by atoms with Crippen LogP contribution in [0.2, 0.25) is 0 Å². The van der Waals surface area contributed by atoms with Crippen molar-refractivity contribution in [1.29, 1.82) is 0 Å². The molecular weight excluding hydrogens is 194 g/mol. The number of nitrogens with one attached hydrogen (secondary N) is 1. The molecule has 16 heavy (non-hydrogen) atoms. The van der Waals surface area contributed by atoms with Crippen LogP contribution >= 0.6 is 0 Å². The average Bonchev–Trinajstić information content (AvgIpc) is 2.60. The molecule has 0 heterocycles. The highest BCUT2D eigenvalue weighted by atomic mass is 15.0. The monoisotopic (exact) mass is 221 g/mol. The van der Waals surface area contributed by atoms with Crippen molar-refractivity contribution in [1.82, 2.24) is 5.32 Å². The van der Waals surface area contributed by atoms with Gasteiger partial charge in [0.15, 0.2) is 0 Å².